The molecule has 1 saturated heterocycles. The molecule has 1 fully saturated rings. The molecule has 0 aliphatic carbocycles. The quantitative estimate of drug-likeness (QED) is 0.444. The Hall–Kier alpha value is -3.52. The molecule has 4 heterocycles. The molecule has 2 unspecified atom stereocenters. The van der Waals surface area contributed by atoms with Crippen LogP contribution in [0.15, 0.2) is 47.4 Å². The molecule has 0 spiro atoms. The molecule has 2 aliphatic heterocycles. The summed E-state index contributed by atoms with van der Waals surface area (Å²) in [6.45, 7) is 1.24. The lowest BCUT2D eigenvalue weighted by molar-refractivity contribution is -0.118. The number of carbonyl (C=O) groups excluding carboxylic acids is 2. The van der Waals surface area contributed by atoms with Gasteiger partial charge in [0, 0.05) is 24.5 Å². The number of para-hydroxylation sites is 1. The van der Waals surface area contributed by atoms with E-state index in [2.05, 4.69) is 31.2 Å². The Labute approximate surface area is 200 Å². The van der Waals surface area contributed by atoms with Crippen LogP contribution in [0, 0.1) is 11.3 Å². The summed E-state index contributed by atoms with van der Waals surface area (Å²) >= 11 is 1.50. The van der Waals surface area contributed by atoms with Crippen molar-refractivity contribution in [2.45, 2.75) is 36.4 Å². The van der Waals surface area contributed by atoms with E-state index < -0.39 is 0 Å². The maximum atomic E-state index is 12.9. The summed E-state index contributed by atoms with van der Waals surface area (Å²) < 4.78 is 0. The number of benzene rings is 1. The van der Waals surface area contributed by atoms with Gasteiger partial charge in [-0.2, -0.15) is 5.26 Å². The first-order chi connectivity index (χ1) is 16.6. The van der Waals surface area contributed by atoms with Crippen LogP contribution < -0.4 is 21.3 Å². The number of nitriles is 1. The second-order valence-corrected chi connectivity index (χ2v) is 9.29. The zero-order valence-corrected chi connectivity index (χ0v) is 19.1. The third-order valence-corrected chi connectivity index (χ3v) is 6.97. The smallest absolute Gasteiger partial charge is 0.241 e. The van der Waals surface area contributed by atoms with Gasteiger partial charge in [0.2, 0.25) is 11.8 Å². The van der Waals surface area contributed by atoms with Crippen LogP contribution in [0.5, 0.6) is 0 Å². The molecule has 34 heavy (non-hydrogen) atoms. The standard InChI is InChI=1S/C24H23N7O2S/c25-10-15-5-4-14-2-1-3-18(22(14)28-15)30-24(33)19-8-6-16(11-27-19)26-12-17-7-9-20-23(29-17)31-21(32)13-34-20/h1-5,7,9,16,19,26-27H,6,8,11-13H2,(H,30,33)(H,29,31,32). The molecule has 172 valence electrons. The van der Waals surface area contributed by atoms with Gasteiger partial charge in [-0.1, -0.05) is 12.1 Å². The van der Waals surface area contributed by atoms with Crippen LogP contribution in [0.4, 0.5) is 11.5 Å². The highest BCUT2D eigenvalue weighted by atomic mass is 32.2. The lowest BCUT2D eigenvalue weighted by Gasteiger charge is -2.30. The molecule has 1 aromatic carbocycles. The van der Waals surface area contributed by atoms with Gasteiger partial charge in [-0.25, -0.2) is 9.97 Å². The number of nitrogens with one attached hydrogen (secondary N) is 4. The summed E-state index contributed by atoms with van der Waals surface area (Å²) in [5.74, 6) is 0.913. The van der Waals surface area contributed by atoms with Crippen LogP contribution in [-0.4, -0.2) is 46.2 Å². The molecule has 0 saturated carbocycles. The molecule has 2 aromatic heterocycles. The number of aromatic nitrogens is 2. The fourth-order valence-electron chi connectivity index (χ4n) is 4.14. The Kier molecular flexibility index (Phi) is 6.40. The van der Waals surface area contributed by atoms with E-state index >= 15 is 0 Å². The maximum absolute atomic E-state index is 12.9. The number of anilines is 2. The van der Waals surface area contributed by atoms with Crippen molar-refractivity contribution in [1.82, 2.24) is 20.6 Å². The second-order valence-electron chi connectivity index (χ2n) is 8.28. The van der Waals surface area contributed by atoms with Crippen molar-refractivity contribution in [2.75, 3.05) is 22.9 Å². The zero-order chi connectivity index (χ0) is 23.5. The molecule has 9 nitrogen and oxygen atoms in total. The van der Waals surface area contributed by atoms with E-state index in [1.54, 1.807) is 12.1 Å². The largest absolute Gasteiger partial charge is 0.323 e. The molecular weight excluding hydrogens is 450 g/mol. The highest BCUT2D eigenvalue weighted by Crippen LogP contribution is 2.29. The van der Waals surface area contributed by atoms with Crippen LogP contribution >= 0.6 is 11.8 Å². The molecule has 2 aliphatic rings. The topological polar surface area (TPSA) is 132 Å². The summed E-state index contributed by atoms with van der Waals surface area (Å²) in [6, 6.07) is 15.0. The van der Waals surface area contributed by atoms with Crippen LogP contribution in [0.25, 0.3) is 10.9 Å². The van der Waals surface area contributed by atoms with Crippen molar-refractivity contribution in [3.63, 3.8) is 0 Å². The van der Waals surface area contributed by atoms with Crippen molar-refractivity contribution >= 4 is 46.0 Å². The normalized spacial score (nSPS) is 19.7. The van der Waals surface area contributed by atoms with Gasteiger partial charge in [0.05, 0.1) is 33.6 Å². The number of rotatable bonds is 5. The minimum Gasteiger partial charge on any atom is -0.323 e. The second kappa shape index (κ2) is 9.77. The number of carbonyl (C=O) groups is 2. The summed E-state index contributed by atoms with van der Waals surface area (Å²) in [5, 5.41) is 22.6. The first-order valence-corrected chi connectivity index (χ1v) is 12.1. The molecular formula is C24H23N7O2S. The minimum absolute atomic E-state index is 0.0271. The maximum Gasteiger partial charge on any atom is 0.241 e. The number of pyridine rings is 2. The lowest BCUT2D eigenvalue weighted by Crippen LogP contribution is -2.52. The Bertz CT molecular complexity index is 1300. The Morgan fingerprint density at radius 1 is 1.18 bits per heavy atom. The van der Waals surface area contributed by atoms with Gasteiger partial charge in [0.15, 0.2) is 0 Å². The van der Waals surface area contributed by atoms with Crippen LogP contribution in [0.3, 0.4) is 0 Å². The first kappa shape index (κ1) is 22.3. The molecule has 3 aromatic rings. The van der Waals surface area contributed by atoms with Crippen molar-refractivity contribution in [3.05, 3.63) is 53.9 Å². The Morgan fingerprint density at radius 2 is 2.09 bits per heavy atom. The third kappa shape index (κ3) is 4.87. The van der Waals surface area contributed by atoms with Gasteiger partial charge in [-0.05, 0) is 43.2 Å². The fraction of sp³-hybridized carbons (Fsp3) is 0.292. The number of fused-ring (bicyclic) bond motifs is 2. The van der Waals surface area contributed by atoms with E-state index in [4.69, 9.17) is 5.26 Å². The van der Waals surface area contributed by atoms with Crippen LogP contribution in [0.1, 0.15) is 24.2 Å². The van der Waals surface area contributed by atoms with Crippen molar-refractivity contribution in [2.24, 2.45) is 0 Å². The van der Waals surface area contributed by atoms with Gasteiger partial charge in [-0.15, -0.1) is 11.8 Å². The Balaban J connectivity index is 1.15. The van der Waals surface area contributed by atoms with E-state index in [0.29, 0.717) is 48.0 Å². The number of piperidine rings is 1. The zero-order valence-electron chi connectivity index (χ0n) is 18.3. The summed E-state index contributed by atoms with van der Waals surface area (Å²) in [7, 11) is 0. The first-order valence-electron chi connectivity index (χ1n) is 11.1. The Morgan fingerprint density at radius 3 is 2.91 bits per heavy atom. The monoisotopic (exact) mass is 473 g/mol. The van der Waals surface area contributed by atoms with E-state index in [1.165, 1.54) is 11.8 Å². The fourth-order valence-corrected chi connectivity index (χ4v) is 4.89. The highest BCUT2D eigenvalue weighted by molar-refractivity contribution is 8.00. The van der Waals surface area contributed by atoms with Gasteiger partial charge in [0.1, 0.15) is 17.6 Å². The van der Waals surface area contributed by atoms with Crippen LogP contribution in [-0.2, 0) is 16.1 Å². The molecule has 0 radical (unpaired) electrons. The predicted molar refractivity (Wildman–Crippen MR) is 130 cm³/mol. The molecule has 10 heteroatoms. The average Bonchev–Trinajstić information content (AvgIpc) is 2.87. The van der Waals surface area contributed by atoms with Gasteiger partial charge in [-0.3, -0.25) is 9.59 Å². The van der Waals surface area contributed by atoms with E-state index in [-0.39, 0.29) is 23.9 Å². The number of thioether (sulfide) groups is 1. The highest BCUT2D eigenvalue weighted by Gasteiger charge is 2.26. The van der Waals surface area contributed by atoms with E-state index in [1.807, 2.05) is 36.4 Å². The number of nitrogens with zero attached hydrogens (tertiary/aromatic N) is 3. The minimum atomic E-state index is -0.304. The molecule has 4 N–H and O–H groups in total. The number of amides is 2. The average molecular weight is 474 g/mol. The van der Waals surface area contributed by atoms with Crippen LogP contribution in [0.2, 0.25) is 0 Å². The lowest BCUT2D eigenvalue weighted by atomic mass is 10.00. The van der Waals surface area contributed by atoms with Gasteiger partial charge >= 0.3 is 0 Å². The number of hydrogen-bond donors (Lipinski definition) is 4. The molecule has 0 bridgehead atoms. The predicted octanol–water partition coefficient (Wildman–Crippen LogP) is 2.39. The SMILES string of the molecule is N#Cc1ccc2cccc(NC(=O)C3CCC(NCc4ccc5c(n4)NC(=O)CS5)CN3)c2n1. The molecule has 2 atom stereocenters. The van der Waals surface area contributed by atoms with Crippen molar-refractivity contribution < 1.29 is 9.59 Å². The number of hydrogen-bond acceptors (Lipinski definition) is 8. The molecule has 2 amide bonds. The van der Waals surface area contributed by atoms with Gasteiger partial charge in [0.25, 0.3) is 0 Å². The third-order valence-electron chi connectivity index (χ3n) is 5.93. The molecule has 5 rings (SSSR count). The van der Waals surface area contributed by atoms with Crippen molar-refractivity contribution in [3.8, 4) is 6.07 Å². The van der Waals surface area contributed by atoms with E-state index in [9.17, 15) is 9.59 Å². The summed E-state index contributed by atoms with van der Waals surface area (Å²) in [4.78, 5) is 34.4. The van der Waals surface area contributed by atoms with E-state index in [0.717, 1.165) is 22.4 Å². The van der Waals surface area contributed by atoms with Gasteiger partial charge < -0.3 is 21.3 Å². The summed E-state index contributed by atoms with van der Waals surface area (Å²) in [5.41, 5.74) is 2.39. The summed E-state index contributed by atoms with van der Waals surface area (Å²) in [6.07, 6.45) is 1.53. The van der Waals surface area contributed by atoms with Crippen molar-refractivity contribution in [1.29, 1.82) is 5.26 Å².